The maximum atomic E-state index is 12.0. The summed E-state index contributed by atoms with van der Waals surface area (Å²) >= 11 is 6.20. The Bertz CT molecular complexity index is 509. The van der Waals surface area contributed by atoms with Gasteiger partial charge in [-0.05, 0) is 23.8 Å². The zero-order chi connectivity index (χ0) is 14.5. The minimum Gasteiger partial charge on any atom is -0.378 e. The second-order valence-corrected chi connectivity index (χ2v) is 5.28. The van der Waals surface area contributed by atoms with Crippen molar-refractivity contribution in [3.05, 3.63) is 34.9 Å². The maximum Gasteiger partial charge on any atom is 0.246 e. The van der Waals surface area contributed by atoms with Crippen molar-refractivity contribution in [3.63, 3.8) is 0 Å². The highest BCUT2D eigenvalue weighted by atomic mass is 35.5. The number of amides is 1. The van der Waals surface area contributed by atoms with Crippen molar-refractivity contribution < 1.29 is 9.53 Å². The summed E-state index contributed by atoms with van der Waals surface area (Å²) < 4.78 is 5.22. The van der Waals surface area contributed by atoms with Crippen LogP contribution in [-0.2, 0) is 9.53 Å². The Labute approximate surface area is 124 Å². The van der Waals surface area contributed by atoms with E-state index in [1.54, 1.807) is 17.1 Å². The largest absolute Gasteiger partial charge is 0.378 e. The predicted octanol–water partition coefficient (Wildman–Crippen LogP) is 2.28. The predicted molar refractivity (Wildman–Crippen MR) is 82.2 cm³/mol. The smallest absolute Gasteiger partial charge is 0.246 e. The standard InChI is InChI=1S/C15H19ClN2O2/c1-17(2)14-5-3-12(11-13(14)16)4-6-15(19)18-7-9-20-10-8-18/h3-6,11H,7-10H2,1-2H3/b6-4+. The summed E-state index contributed by atoms with van der Waals surface area (Å²) in [4.78, 5) is 15.7. The van der Waals surface area contributed by atoms with Gasteiger partial charge in [-0.1, -0.05) is 17.7 Å². The van der Waals surface area contributed by atoms with Crippen LogP contribution in [0.2, 0.25) is 5.02 Å². The zero-order valence-corrected chi connectivity index (χ0v) is 12.6. The molecular formula is C15H19ClN2O2. The Balaban J connectivity index is 2.03. The van der Waals surface area contributed by atoms with E-state index in [9.17, 15) is 4.79 Å². The van der Waals surface area contributed by atoms with Crippen LogP contribution in [0.1, 0.15) is 5.56 Å². The lowest BCUT2D eigenvalue weighted by Crippen LogP contribution is -2.39. The van der Waals surface area contributed by atoms with Gasteiger partial charge in [0.1, 0.15) is 0 Å². The number of benzene rings is 1. The van der Waals surface area contributed by atoms with Crippen LogP contribution in [0.25, 0.3) is 6.08 Å². The molecule has 1 heterocycles. The van der Waals surface area contributed by atoms with Gasteiger partial charge in [-0.2, -0.15) is 0 Å². The number of ether oxygens (including phenoxy) is 1. The van der Waals surface area contributed by atoms with E-state index in [1.165, 1.54) is 0 Å². The highest BCUT2D eigenvalue weighted by molar-refractivity contribution is 6.33. The van der Waals surface area contributed by atoms with Crippen LogP contribution < -0.4 is 4.90 Å². The monoisotopic (exact) mass is 294 g/mol. The van der Waals surface area contributed by atoms with E-state index in [1.807, 2.05) is 37.2 Å². The minimum absolute atomic E-state index is 0.0149. The van der Waals surface area contributed by atoms with Gasteiger partial charge in [0.05, 0.1) is 23.9 Å². The van der Waals surface area contributed by atoms with Crippen molar-refractivity contribution in [1.82, 2.24) is 4.90 Å². The Morgan fingerprint density at radius 3 is 2.65 bits per heavy atom. The normalized spacial score (nSPS) is 15.7. The van der Waals surface area contributed by atoms with Crippen LogP contribution in [0.4, 0.5) is 5.69 Å². The highest BCUT2D eigenvalue weighted by Gasteiger charge is 2.13. The van der Waals surface area contributed by atoms with E-state index < -0.39 is 0 Å². The fraction of sp³-hybridized carbons (Fsp3) is 0.400. The van der Waals surface area contributed by atoms with Gasteiger partial charge >= 0.3 is 0 Å². The van der Waals surface area contributed by atoms with E-state index in [0.717, 1.165) is 11.3 Å². The van der Waals surface area contributed by atoms with E-state index in [0.29, 0.717) is 31.3 Å². The summed E-state index contributed by atoms with van der Waals surface area (Å²) in [5.74, 6) is 0.0149. The van der Waals surface area contributed by atoms with E-state index >= 15 is 0 Å². The van der Waals surface area contributed by atoms with Crippen molar-refractivity contribution in [2.24, 2.45) is 0 Å². The van der Waals surface area contributed by atoms with Crippen molar-refractivity contribution in [2.45, 2.75) is 0 Å². The summed E-state index contributed by atoms with van der Waals surface area (Å²) in [6.07, 6.45) is 3.38. The number of anilines is 1. The summed E-state index contributed by atoms with van der Waals surface area (Å²) in [5.41, 5.74) is 1.88. The van der Waals surface area contributed by atoms with Gasteiger partial charge in [0, 0.05) is 33.3 Å². The first-order valence-electron chi connectivity index (χ1n) is 6.59. The van der Waals surface area contributed by atoms with Crippen LogP contribution in [-0.4, -0.2) is 51.2 Å². The molecule has 2 rings (SSSR count). The molecule has 0 saturated carbocycles. The van der Waals surface area contributed by atoms with Gasteiger partial charge in [-0.25, -0.2) is 0 Å². The Kier molecular flexibility index (Phi) is 5.04. The Morgan fingerprint density at radius 2 is 2.05 bits per heavy atom. The fourth-order valence-corrected chi connectivity index (χ4v) is 2.40. The quantitative estimate of drug-likeness (QED) is 0.802. The number of carbonyl (C=O) groups is 1. The van der Waals surface area contributed by atoms with Crippen LogP contribution >= 0.6 is 11.6 Å². The molecule has 0 spiro atoms. The molecule has 1 aliphatic rings. The molecule has 0 N–H and O–H groups in total. The molecule has 0 atom stereocenters. The van der Waals surface area contributed by atoms with Gasteiger partial charge in [0.2, 0.25) is 5.91 Å². The lowest BCUT2D eigenvalue weighted by atomic mass is 10.2. The molecule has 1 saturated heterocycles. The van der Waals surface area contributed by atoms with Gasteiger partial charge in [0.15, 0.2) is 0 Å². The first-order valence-corrected chi connectivity index (χ1v) is 6.97. The third kappa shape index (κ3) is 3.74. The molecule has 108 valence electrons. The molecule has 1 aromatic carbocycles. The van der Waals surface area contributed by atoms with Crippen molar-refractivity contribution in [2.75, 3.05) is 45.3 Å². The van der Waals surface area contributed by atoms with E-state index in [-0.39, 0.29) is 5.91 Å². The average Bonchev–Trinajstić information content (AvgIpc) is 2.45. The van der Waals surface area contributed by atoms with E-state index in [2.05, 4.69) is 0 Å². The number of hydrogen-bond acceptors (Lipinski definition) is 3. The molecule has 0 aromatic heterocycles. The number of carbonyl (C=O) groups excluding carboxylic acids is 1. The molecule has 1 fully saturated rings. The summed E-state index contributed by atoms with van der Waals surface area (Å²) in [6, 6.07) is 5.76. The number of nitrogens with zero attached hydrogens (tertiary/aromatic N) is 2. The lowest BCUT2D eigenvalue weighted by Gasteiger charge is -2.25. The lowest BCUT2D eigenvalue weighted by molar-refractivity contribution is -0.129. The van der Waals surface area contributed by atoms with E-state index in [4.69, 9.17) is 16.3 Å². The van der Waals surface area contributed by atoms with Crippen molar-refractivity contribution >= 4 is 29.3 Å². The van der Waals surface area contributed by atoms with Gasteiger partial charge in [0.25, 0.3) is 0 Å². The topological polar surface area (TPSA) is 32.8 Å². The molecule has 1 aliphatic heterocycles. The van der Waals surface area contributed by atoms with Gasteiger partial charge in [-0.3, -0.25) is 4.79 Å². The maximum absolute atomic E-state index is 12.0. The van der Waals surface area contributed by atoms with Crippen molar-refractivity contribution in [1.29, 1.82) is 0 Å². The van der Waals surface area contributed by atoms with Crippen LogP contribution in [0, 0.1) is 0 Å². The average molecular weight is 295 g/mol. The fourth-order valence-electron chi connectivity index (χ4n) is 2.05. The van der Waals surface area contributed by atoms with Gasteiger partial charge < -0.3 is 14.5 Å². The first-order chi connectivity index (χ1) is 9.58. The number of rotatable bonds is 3. The second-order valence-electron chi connectivity index (χ2n) is 4.88. The molecule has 0 aliphatic carbocycles. The summed E-state index contributed by atoms with van der Waals surface area (Å²) in [6.45, 7) is 2.54. The van der Waals surface area contributed by atoms with Crippen LogP contribution in [0.5, 0.6) is 0 Å². The molecule has 20 heavy (non-hydrogen) atoms. The van der Waals surface area contributed by atoms with Gasteiger partial charge in [-0.15, -0.1) is 0 Å². The van der Waals surface area contributed by atoms with Crippen molar-refractivity contribution in [3.8, 4) is 0 Å². The third-order valence-electron chi connectivity index (χ3n) is 3.19. The number of hydrogen-bond donors (Lipinski definition) is 0. The molecular weight excluding hydrogens is 276 g/mol. The third-order valence-corrected chi connectivity index (χ3v) is 3.50. The zero-order valence-electron chi connectivity index (χ0n) is 11.8. The minimum atomic E-state index is 0.0149. The Morgan fingerprint density at radius 1 is 1.35 bits per heavy atom. The van der Waals surface area contributed by atoms with Crippen LogP contribution in [0.15, 0.2) is 24.3 Å². The highest BCUT2D eigenvalue weighted by Crippen LogP contribution is 2.25. The molecule has 0 unspecified atom stereocenters. The SMILES string of the molecule is CN(C)c1ccc(/C=C/C(=O)N2CCOCC2)cc1Cl. The van der Waals surface area contributed by atoms with Crippen LogP contribution in [0.3, 0.4) is 0 Å². The number of morpholine rings is 1. The first kappa shape index (κ1) is 14.9. The molecule has 0 radical (unpaired) electrons. The Hall–Kier alpha value is -1.52. The molecule has 5 heteroatoms. The molecule has 4 nitrogen and oxygen atoms in total. The summed E-state index contributed by atoms with van der Waals surface area (Å²) in [7, 11) is 3.89. The summed E-state index contributed by atoms with van der Waals surface area (Å²) in [5, 5.41) is 0.677. The molecule has 1 aromatic rings. The molecule has 0 bridgehead atoms. The number of halogens is 1. The molecule has 1 amide bonds. The second kappa shape index (κ2) is 6.77.